The third-order valence-electron chi connectivity index (χ3n) is 16.9. The van der Waals surface area contributed by atoms with Gasteiger partial charge in [0.1, 0.15) is 0 Å². The zero-order chi connectivity index (χ0) is 52.9. The van der Waals surface area contributed by atoms with Crippen LogP contribution in [0, 0.1) is 5.92 Å². The molecule has 0 saturated heterocycles. The minimum atomic E-state index is -0.783. The lowest BCUT2D eigenvalue weighted by Crippen LogP contribution is -2.42. The van der Waals surface area contributed by atoms with Crippen LogP contribution in [0.5, 0.6) is 0 Å². The number of nitrogens with zero attached hydrogens (tertiary/aromatic N) is 4. The smallest absolute Gasteiger partial charge is 0.0728 e. The van der Waals surface area contributed by atoms with E-state index in [-0.39, 0.29) is 5.54 Å². The van der Waals surface area contributed by atoms with Crippen molar-refractivity contribution in [2.75, 3.05) is 19.6 Å². The van der Waals surface area contributed by atoms with Crippen LogP contribution in [0.3, 0.4) is 0 Å². The minimum absolute atomic E-state index is 0.332. The second kappa shape index (κ2) is 19.9. The average Bonchev–Trinajstić information content (AvgIpc) is 3.05. The molecule has 14 rings (SSSR count). The van der Waals surface area contributed by atoms with E-state index in [0.29, 0.717) is 5.92 Å². The van der Waals surface area contributed by atoms with Crippen LogP contribution in [0.4, 0.5) is 51.2 Å². The Bertz CT molecular complexity index is 3910. The standard InChI is InChI=1S/C75H62N4/c1-54-36-38-60(39-37-54)78(59-32-18-7-19-33-59)64-42-46-68-69-47-43-65(79(61-34-20-8-21-35-61)74(2)48-22-9-23-49-74)53-73(69)75(72(68)52-64)70-50-62(76(55-24-10-3-11-25-55)56-26-12-4-13-27-56)40-44-66(70)67-45-41-63(51-71(67)75)77(57-28-14-5-15-29-57)58-30-16-6-17-31-58/h3-16,18-30,32-36,38-48,50-54H,17,31,37,49H2,1-2H3. The summed E-state index contributed by atoms with van der Waals surface area (Å²) >= 11 is 0. The molecule has 0 heterocycles. The molecule has 4 nitrogen and oxygen atoms in total. The first-order valence-electron chi connectivity index (χ1n) is 28.1. The molecule has 0 fully saturated rings. The summed E-state index contributed by atoms with van der Waals surface area (Å²) in [6.07, 6.45) is 26.8. The third kappa shape index (κ3) is 8.21. The van der Waals surface area contributed by atoms with E-state index >= 15 is 0 Å². The lowest BCUT2D eigenvalue weighted by Gasteiger charge is -2.42. The maximum atomic E-state index is 2.58. The van der Waals surface area contributed by atoms with Gasteiger partial charge in [-0.3, -0.25) is 0 Å². The number of hydrogen-bond acceptors (Lipinski definition) is 4. The second-order valence-electron chi connectivity index (χ2n) is 21.9. The first kappa shape index (κ1) is 48.0. The molecule has 5 aliphatic carbocycles. The van der Waals surface area contributed by atoms with Gasteiger partial charge in [0.2, 0.25) is 0 Å². The Balaban J connectivity index is 1.09. The maximum Gasteiger partial charge on any atom is 0.0728 e. The molecule has 4 heteroatoms. The lowest BCUT2D eigenvalue weighted by molar-refractivity contribution is 0.569. The van der Waals surface area contributed by atoms with Crippen molar-refractivity contribution >= 4 is 51.2 Å². The molecule has 1 spiro atoms. The topological polar surface area (TPSA) is 13.0 Å². The molecule has 0 bridgehead atoms. The largest absolute Gasteiger partial charge is 0.332 e. The van der Waals surface area contributed by atoms with Crippen molar-refractivity contribution in [3.8, 4) is 22.3 Å². The molecule has 0 N–H and O–H groups in total. The Morgan fingerprint density at radius 2 is 0.861 bits per heavy atom. The van der Waals surface area contributed by atoms with Gasteiger partial charge in [0, 0.05) is 62.6 Å². The van der Waals surface area contributed by atoms with E-state index in [1.54, 1.807) is 0 Å². The molecule has 0 saturated carbocycles. The van der Waals surface area contributed by atoms with Crippen LogP contribution in [-0.4, -0.2) is 5.54 Å². The van der Waals surface area contributed by atoms with Gasteiger partial charge in [0.05, 0.1) is 11.0 Å². The quantitative estimate of drug-likeness (QED) is 0.121. The highest BCUT2D eigenvalue weighted by Gasteiger charge is 2.53. The van der Waals surface area contributed by atoms with Crippen molar-refractivity contribution < 1.29 is 0 Å². The van der Waals surface area contributed by atoms with E-state index in [9.17, 15) is 0 Å². The van der Waals surface area contributed by atoms with Gasteiger partial charge in [0.25, 0.3) is 0 Å². The fourth-order valence-corrected chi connectivity index (χ4v) is 13.3. The molecule has 79 heavy (non-hydrogen) atoms. The van der Waals surface area contributed by atoms with Gasteiger partial charge in [-0.2, -0.15) is 0 Å². The summed E-state index contributed by atoms with van der Waals surface area (Å²) in [4.78, 5) is 9.98. The van der Waals surface area contributed by atoms with Gasteiger partial charge in [-0.1, -0.05) is 171 Å². The Labute approximate surface area is 465 Å². The number of para-hydroxylation sites is 5. The minimum Gasteiger partial charge on any atom is -0.332 e. The Hall–Kier alpha value is -9.38. The first-order valence-corrected chi connectivity index (χ1v) is 28.1. The highest BCUT2D eigenvalue weighted by Crippen LogP contribution is 2.65. The molecule has 3 atom stereocenters. The van der Waals surface area contributed by atoms with E-state index in [1.807, 2.05) is 0 Å². The number of hydrogen-bond donors (Lipinski definition) is 0. The fourth-order valence-electron chi connectivity index (χ4n) is 13.3. The molecule has 382 valence electrons. The second-order valence-corrected chi connectivity index (χ2v) is 21.9. The molecule has 9 aromatic rings. The van der Waals surface area contributed by atoms with E-state index in [4.69, 9.17) is 0 Å². The van der Waals surface area contributed by atoms with Gasteiger partial charge >= 0.3 is 0 Å². The molecule has 0 radical (unpaired) electrons. The van der Waals surface area contributed by atoms with E-state index in [1.165, 1.54) is 55.9 Å². The predicted molar refractivity (Wildman–Crippen MR) is 332 cm³/mol. The summed E-state index contributed by atoms with van der Waals surface area (Å²) in [5.41, 5.74) is 21.6. The van der Waals surface area contributed by atoms with Crippen LogP contribution in [0.2, 0.25) is 0 Å². The van der Waals surface area contributed by atoms with Gasteiger partial charge in [-0.25, -0.2) is 0 Å². The molecule has 3 unspecified atom stereocenters. The third-order valence-corrected chi connectivity index (χ3v) is 16.9. The molecular formula is C75H62N4. The molecule has 0 aromatic heterocycles. The number of benzene rings is 9. The van der Waals surface area contributed by atoms with Crippen molar-refractivity contribution in [2.24, 2.45) is 5.92 Å². The van der Waals surface area contributed by atoms with Crippen LogP contribution in [0.25, 0.3) is 22.3 Å². The van der Waals surface area contributed by atoms with Gasteiger partial charge in [0.15, 0.2) is 0 Å². The van der Waals surface area contributed by atoms with Crippen LogP contribution in [0.15, 0.2) is 297 Å². The van der Waals surface area contributed by atoms with Crippen molar-refractivity contribution in [3.63, 3.8) is 0 Å². The van der Waals surface area contributed by atoms with E-state index in [0.717, 1.165) is 76.9 Å². The number of rotatable bonds is 12. The summed E-state index contributed by atoms with van der Waals surface area (Å²) in [5.74, 6) is 0.475. The van der Waals surface area contributed by atoms with Crippen LogP contribution < -0.4 is 19.6 Å². The van der Waals surface area contributed by atoms with Crippen molar-refractivity contribution in [1.82, 2.24) is 0 Å². The zero-order valence-electron chi connectivity index (χ0n) is 44.8. The Morgan fingerprint density at radius 3 is 1.32 bits per heavy atom. The first-order chi connectivity index (χ1) is 39.0. The number of anilines is 9. The van der Waals surface area contributed by atoms with Crippen molar-refractivity contribution in [2.45, 2.75) is 50.5 Å². The van der Waals surface area contributed by atoms with Crippen molar-refractivity contribution in [3.05, 3.63) is 319 Å². The molecule has 0 aliphatic heterocycles. The van der Waals surface area contributed by atoms with Gasteiger partial charge in [-0.15, -0.1) is 0 Å². The SMILES string of the molecule is CC1C=CC(N(c2ccccc2)c2ccc3c(c2)C2(c4cc(N(C5=CC=CCC5)c5ccccc5)ccc4-c4ccc(N(c5ccccc5)c5ccccc5)cc42)c2cc(N(c4ccccc4)C4(C)C=CC=CC4)ccc2-3)=CC1. The number of allylic oxidation sites excluding steroid dienone is 9. The normalized spacial score (nSPS) is 19.0. The molecule has 5 aliphatic rings. The molecular weight excluding hydrogens is 957 g/mol. The Morgan fingerprint density at radius 1 is 0.418 bits per heavy atom. The van der Waals surface area contributed by atoms with Gasteiger partial charge in [-0.05, 0) is 204 Å². The van der Waals surface area contributed by atoms with Crippen LogP contribution in [0.1, 0.15) is 61.8 Å². The summed E-state index contributed by atoms with van der Waals surface area (Å²) in [7, 11) is 0. The predicted octanol–water partition coefficient (Wildman–Crippen LogP) is 19.9. The fraction of sp³-hybridized carbons (Fsp3) is 0.120. The average molecular weight is 1020 g/mol. The number of fused-ring (bicyclic) bond motifs is 10. The van der Waals surface area contributed by atoms with Crippen molar-refractivity contribution in [1.29, 1.82) is 0 Å². The summed E-state index contributed by atoms with van der Waals surface area (Å²) in [5, 5.41) is 0. The maximum absolute atomic E-state index is 2.58. The zero-order valence-corrected chi connectivity index (χ0v) is 44.8. The Kier molecular flexibility index (Phi) is 12.1. The highest BCUT2D eigenvalue weighted by molar-refractivity contribution is 5.99. The van der Waals surface area contributed by atoms with Crippen LogP contribution in [-0.2, 0) is 5.41 Å². The summed E-state index contributed by atoms with van der Waals surface area (Å²) in [6, 6.07) is 83.9. The monoisotopic (exact) mass is 1020 g/mol. The van der Waals surface area contributed by atoms with E-state index < -0.39 is 5.41 Å². The molecule has 9 aromatic carbocycles. The lowest BCUT2D eigenvalue weighted by atomic mass is 9.70. The summed E-state index contributed by atoms with van der Waals surface area (Å²) < 4.78 is 0. The van der Waals surface area contributed by atoms with Gasteiger partial charge < -0.3 is 19.6 Å². The molecule has 0 amide bonds. The summed E-state index contributed by atoms with van der Waals surface area (Å²) in [6.45, 7) is 4.68. The van der Waals surface area contributed by atoms with Crippen LogP contribution >= 0.6 is 0 Å². The highest BCUT2D eigenvalue weighted by atomic mass is 15.2. The van der Waals surface area contributed by atoms with E-state index in [2.05, 4.69) is 319 Å².